The molecule has 0 bridgehead atoms. The summed E-state index contributed by atoms with van der Waals surface area (Å²) in [6, 6.07) is 12.7. The number of nitro benzene ring substituents is 1. The number of ether oxygens (including phenoxy) is 1. The fourth-order valence-corrected chi connectivity index (χ4v) is 3.58. The van der Waals surface area contributed by atoms with Gasteiger partial charge in [-0.15, -0.1) is 0 Å². The van der Waals surface area contributed by atoms with Crippen molar-refractivity contribution >= 4 is 17.3 Å². The van der Waals surface area contributed by atoms with Crippen molar-refractivity contribution in [1.82, 2.24) is 10.2 Å². The smallest absolute Gasteiger partial charge is 0.273 e. The average molecular weight is 412 g/mol. The highest BCUT2D eigenvalue weighted by Gasteiger charge is 2.18. The number of nitro groups is 1. The Balaban J connectivity index is 1.38. The highest BCUT2D eigenvalue weighted by Crippen LogP contribution is 2.21. The van der Waals surface area contributed by atoms with E-state index in [0.29, 0.717) is 17.7 Å². The van der Waals surface area contributed by atoms with Gasteiger partial charge in [-0.05, 0) is 50.2 Å². The first kappa shape index (κ1) is 21.6. The molecule has 1 heterocycles. The Hall–Kier alpha value is -3.13. The molecule has 0 atom stereocenters. The standard InChI is InChI=1S/C22H28N4O4/c1-17-4-5-18(16-21(17)26(28)29)22(27)23-10-3-11-24-12-14-25(15-13-24)19-6-8-20(30-2)9-7-19/h4-9,16H,3,10-15H2,1-2H3,(H,23,27). The van der Waals surface area contributed by atoms with Crippen LogP contribution >= 0.6 is 0 Å². The molecule has 0 radical (unpaired) electrons. The van der Waals surface area contributed by atoms with E-state index in [2.05, 4.69) is 27.2 Å². The highest BCUT2D eigenvalue weighted by molar-refractivity contribution is 5.94. The number of nitrogens with zero attached hydrogens (tertiary/aromatic N) is 3. The van der Waals surface area contributed by atoms with Gasteiger partial charge >= 0.3 is 0 Å². The van der Waals surface area contributed by atoms with Crippen molar-refractivity contribution in [2.75, 3.05) is 51.3 Å². The van der Waals surface area contributed by atoms with E-state index >= 15 is 0 Å². The van der Waals surface area contributed by atoms with Gasteiger partial charge in [0.2, 0.25) is 0 Å². The maximum Gasteiger partial charge on any atom is 0.273 e. The Morgan fingerprint density at radius 1 is 1.13 bits per heavy atom. The van der Waals surface area contributed by atoms with Crippen LogP contribution in [-0.2, 0) is 0 Å². The van der Waals surface area contributed by atoms with Gasteiger partial charge in [-0.3, -0.25) is 19.8 Å². The summed E-state index contributed by atoms with van der Waals surface area (Å²) >= 11 is 0. The Kier molecular flexibility index (Phi) is 7.24. The maximum atomic E-state index is 12.3. The Morgan fingerprint density at radius 2 is 1.83 bits per heavy atom. The first-order valence-electron chi connectivity index (χ1n) is 10.1. The zero-order valence-electron chi connectivity index (χ0n) is 17.5. The van der Waals surface area contributed by atoms with E-state index < -0.39 is 4.92 Å². The first-order valence-corrected chi connectivity index (χ1v) is 10.1. The fraction of sp³-hybridized carbons (Fsp3) is 0.409. The number of hydrogen-bond donors (Lipinski definition) is 1. The van der Waals surface area contributed by atoms with E-state index in [1.165, 1.54) is 11.8 Å². The Morgan fingerprint density at radius 3 is 2.47 bits per heavy atom. The second-order valence-corrected chi connectivity index (χ2v) is 7.39. The molecule has 0 saturated carbocycles. The third-order valence-corrected chi connectivity index (χ3v) is 5.41. The lowest BCUT2D eigenvalue weighted by atomic mass is 10.1. The average Bonchev–Trinajstić information content (AvgIpc) is 2.77. The predicted molar refractivity (Wildman–Crippen MR) is 116 cm³/mol. The summed E-state index contributed by atoms with van der Waals surface area (Å²) in [4.78, 5) is 27.6. The minimum absolute atomic E-state index is 0.0302. The molecular formula is C22H28N4O4. The molecule has 0 aromatic heterocycles. The molecule has 1 N–H and O–H groups in total. The summed E-state index contributed by atoms with van der Waals surface area (Å²) in [6.45, 7) is 6.99. The number of hydrogen-bond acceptors (Lipinski definition) is 6. The molecule has 0 spiro atoms. The maximum absolute atomic E-state index is 12.3. The SMILES string of the molecule is COc1ccc(N2CCN(CCCNC(=O)c3ccc(C)c([N+](=O)[O-])c3)CC2)cc1. The van der Waals surface area contributed by atoms with Crippen molar-refractivity contribution in [2.45, 2.75) is 13.3 Å². The van der Waals surface area contributed by atoms with E-state index in [0.717, 1.165) is 44.9 Å². The summed E-state index contributed by atoms with van der Waals surface area (Å²) in [7, 11) is 1.67. The summed E-state index contributed by atoms with van der Waals surface area (Å²) in [5.41, 5.74) is 2.04. The van der Waals surface area contributed by atoms with Gasteiger partial charge in [-0.1, -0.05) is 6.07 Å². The first-order chi connectivity index (χ1) is 14.5. The van der Waals surface area contributed by atoms with Crippen molar-refractivity contribution in [2.24, 2.45) is 0 Å². The van der Waals surface area contributed by atoms with Crippen LogP contribution in [0.15, 0.2) is 42.5 Å². The lowest BCUT2D eigenvalue weighted by molar-refractivity contribution is -0.385. The van der Waals surface area contributed by atoms with E-state index in [4.69, 9.17) is 4.74 Å². The number of benzene rings is 2. The van der Waals surface area contributed by atoms with Gasteiger partial charge in [0.1, 0.15) is 5.75 Å². The molecule has 3 rings (SSSR count). The third kappa shape index (κ3) is 5.48. The number of methoxy groups -OCH3 is 1. The van der Waals surface area contributed by atoms with Crippen molar-refractivity contribution in [3.63, 3.8) is 0 Å². The summed E-state index contributed by atoms with van der Waals surface area (Å²) in [5.74, 6) is 0.585. The van der Waals surface area contributed by atoms with E-state index in [1.807, 2.05) is 12.1 Å². The monoisotopic (exact) mass is 412 g/mol. The van der Waals surface area contributed by atoms with Crippen molar-refractivity contribution in [1.29, 1.82) is 0 Å². The number of aryl methyl sites for hydroxylation is 1. The van der Waals surface area contributed by atoms with Crippen molar-refractivity contribution in [3.8, 4) is 5.75 Å². The van der Waals surface area contributed by atoms with Crippen LogP contribution in [0.25, 0.3) is 0 Å². The van der Waals surface area contributed by atoms with Crippen LogP contribution in [0.5, 0.6) is 5.75 Å². The molecule has 2 aromatic carbocycles. The second kappa shape index (κ2) is 10.1. The lowest BCUT2D eigenvalue weighted by Gasteiger charge is -2.36. The molecule has 1 amide bonds. The van der Waals surface area contributed by atoms with Gasteiger partial charge in [0, 0.05) is 55.6 Å². The minimum atomic E-state index is -0.461. The molecule has 8 nitrogen and oxygen atoms in total. The number of piperazine rings is 1. The Labute approximate surface area is 176 Å². The van der Waals surface area contributed by atoms with Crippen molar-refractivity contribution < 1.29 is 14.5 Å². The van der Waals surface area contributed by atoms with Crippen LogP contribution in [0.1, 0.15) is 22.3 Å². The molecule has 1 aliphatic rings. The molecule has 1 aliphatic heterocycles. The molecule has 1 saturated heterocycles. The van der Waals surface area contributed by atoms with Gasteiger partial charge in [0.25, 0.3) is 11.6 Å². The van der Waals surface area contributed by atoms with Crippen LogP contribution in [0.2, 0.25) is 0 Å². The van der Waals surface area contributed by atoms with Crippen LogP contribution in [0, 0.1) is 17.0 Å². The number of anilines is 1. The largest absolute Gasteiger partial charge is 0.497 e. The predicted octanol–water partition coefficient (Wildman–Crippen LogP) is 2.85. The summed E-state index contributed by atoms with van der Waals surface area (Å²) < 4.78 is 5.21. The Bertz CT molecular complexity index is 877. The van der Waals surface area contributed by atoms with E-state index in [9.17, 15) is 14.9 Å². The molecular weight excluding hydrogens is 384 g/mol. The van der Waals surface area contributed by atoms with Gasteiger partial charge in [0.15, 0.2) is 0 Å². The molecule has 160 valence electrons. The van der Waals surface area contributed by atoms with Crippen LogP contribution in [-0.4, -0.2) is 62.1 Å². The van der Waals surface area contributed by atoms with Crippen molar-refractivity contribution in [3.05, 3.63) is 63.7 Å². The quantitative estimate of drug-likeness (QED) is 0.408. The lowest BCUT2D eigenvalue weighted by Crippen LogP contribution is -2.47. The minimum Gasteiger partial charge on any atom is -0.497 e. The highest BCUT2D eigenvalue weighted by atomic mass is 16.6. The van der Waals surface area contributed by atoms with Gasteiger partial charge in [-0.2, -0.15) is 0 Å². The normalized spacial score (nSPS) is 14.4. The third-order valence-electron chi connectivity index (χ3n) is 5.41. The fourth-order valence-electron chi connectivity index (χ4n) is 3.58. The number of nitrogens with one attached hydrogen (secondary N) is 1. The molecule has 0 aliphatic carbocycles. The number of rotatable bonds is 8. The van der Waals surface area contributed by atoms with Gasteiger partial charge < -0.3 is 15.0 Å². The second-order valence-electron chi connectivity index (χ2n) is 7.39. The van der Waals surface area contributed by atoms with E-state index in [-0.39, 0.29) is 11.6 Å². The number of carbonyl (C=O) groups excluding carboxylic acids is 1. The van der Waals surface area contributed by atoms with Crippen LogP contribution in [0.3, 0.4) is 0 Å². The van der Waals surface area contributed by atoms with E-state index in [1.54, 1.807) is 26.2 Å². The van der Waals surface area contributed by atoms with Crippen LogP contribution in [0.4, 0.5) is 11.4 Å². The molecule has 0 unspecified atom stereocenters. The zero-order chi connectivity index (χ0) is 21.5. The number of amides is 1. The summed E-state index contributed by atoms with van der Waals surface area (Å²) in [6.07, 6.45) is 0.836. The molecule has 2 aromatic rings. The number of carbonyl (C=O) groups is 1. The van der Waals surface area contributed by atoms with Gasteiger partial charge in [-0.25, -0.2) is 0 Å². The molecule has 1 fully saturated rings. The topological polar surface area (TPSA) is 88.0 Å². The van der Waals surface area contributed by atoms with Crippen LogP contribution < -0.4 is 15.0 Å². The molecule has 8 heteroatoms. The molecule has 30 heavy (non-hydrogen) atoms. The summed E-state index contributed by atoms with van der Waals surface area (Å²) in [5, 5.41) is 13.9. The zero-order valence-corrected chi connectivity index (χ0v) is 17.5. The van der Waals surface area contributed by atoms with Gasteiger partial charge in [0.05, 0.1) is 12.0 Å².